The predicted molar refractivity (Wildman–Crippen MR) is 88.2 cm³/mol. The molecule has 0 saturated heterocycles. The fourth-order valence-corrected chi connectivity index (χ4v) is 2.33. The van der Waals surface area contributed by atoms with Gasteiger partial charge in [0.25, 0.3) is 5.91 Å². The number of H-pyrrole nitrogens is 1. The number of aromatic amines is 1. The van der Waals surface area contributed by atoms with Gasteiger partial charge < -0.3 is 10.3 Å². The van der Waals surface area contributed by atoms with Gasteiger partial charge in [-0.05, 0) is 37.3 Å². The molecule has 0 aliphatic heterocycles. The van der Waals surface area contributed by atoms with Crippen LogP contribution in [0.3, 0.4) is 0 Å². The smallest absolute Gasteiger partial charge is 0.251 e. The summed E-state index contributed by atoms with van der Waals surface area (Å²) in [6.07, 6.45) is 3.67. The minimum atomic E-state index is -0.228. The van der Waals surface area contributed by atoms with Crippen LogP contribution in [0, 0.1) is 0 Å². The molecule has 1 heterocycles. The molecule has 2 rings (SSSR count). The quantitative estimate of drug-likeness (QED) is 0.772. The van der Waals surface area contributed by atoms with Gasteiger partial charge in [0.05, 0.1) is 0 Å². The highest BCUT2D eigenvalue weighted by Crippen LogP contribution is 2.04. The minimum absolute atomic E-state index is 0.180. The maximum atomic E-state index is 12.0. The Kier molecular flexibility index (Phi) is 5.95. The van der Waals surface area contributed by atoms with Gasteiger partial charge in [0, 0.05) is 23.9 Å². The molecular formula is C18H22N2O2. The van der Waals surface area contributed by atoms with Gasteiger partial charge in [-0.25, -0.2) is 0 Å². The molecular weight excluding hydrogens is 276 g/mol. The summed E-state index contributed by atoms with van der Waals surface area (Å²) in [4.78, 5) is 26.2. The molecule has 0 aliphatic carbocycles. The standard InChI is InChI=1S/C18H22N2O2/c1-2-16-12-15(13-17(21)20-16)18(22)19-11-7-6-10-14-8-4-3-5-9-14/h3-5,8-9,12-13H,2,6-7,10-11H2,1H3,(H,19,22)(H,20,21). The summed E-state index contributed by atoms with van der Waals surface area (Å²) < 4.78 is 0. The first-order chi connectivity index (χ1) is 10.7. The number of aromatic nitrogens is 1. The van der Waals surface area contributed by atoms with E-state index in [1.165, 1.54) is 11.6 Å². The van der Waals surface area contributed by atoms with E-state index in [1.807, 2.05) is 25.1 Å². The van der Waals surface area contributed by atoms with Gasteiger partial charge in [-0.3, -0.25) is 9.59 Å². The molecule has 0 fully saturated rings. The predicted octanol–water partition coefficient (Wildman–Crippen LogP) is 2.69. The summed E-state index contributed by atoms with van der Waals surface area (Å²) in [5.41, 5.74) is 2.30. The summed E-state index contributed by atoms with van der Waals surface area (Å²) in [6.45, 7) is 2.57. The van der Waals surface area contributed by atoms with Gasteiger partial charge in [0.15, 0.2) is 0 Å². The number of benzene rings is 1. The van der Waals surface area contributed by atoms with Gasteiger partial charge >= 0.3 is 0 Å². The van der Waals surface area contributed by atoms with E-state index in [0.29, 0.717) is 18.5 Å². The number of hydrogen-bond acceptors (Lipinski definition) is 2. The molecule has 116 valence electrons. The number of amides is 1. The summed E-state index contributed by atoms with van der Waals surface area (Å²) in [5, 5.41) is 2.87. The van der Waals surface area contributed by atoms with E-state index in [1.54, 1.807) is 6.07 Å². The molecule has 1 amide bonds. The number of pyridine rings is 1. The molecule has 0 aliphatic rings. The Morgan fingerprint density at radius 3 is 2.64 bits per heavy atom. The van der Waals surface area contributed by atoms with Crippen molar-refractivity contribution in [3.8, 4) is 0 Å². The van der Waals surface area contributed by atoms with Crippen LogP contribution in [0.25, 0.3) is 0 Å². The number of nitrogens with one attached hydrogen (secondary N) is 2. The Morgan fingerprint density at radius 1 is 1.14 bits per heavy atom. The molecule has 0 radical (unpaired) electrons. The molecule has 0 unspecified atom stereocenters. The number of carbonyl (C=O) groups is 1. The molecule has 0 spiro atoms. The van der Waals surface area contributed by atoms with E-state index in [-0.39, 0.29) is 11.5 Å². The van der Waals surface area contributed by atoms with Crippen LogP contribution in [-0.2, 0) is 12.8 Å². The SMILES string of the molecule is CCc1cc(C(=O)NCCCCc2ccccc2)cc(=O)[nH]1. The lowest BCUT2D eigenvalue weighted by molar-refractivity contribution is 0.0952. The molecule has 0 saturated carbocycles. The topological polar surface area (TPSA) is 62.0 Å². The summed E-state index contributed by atoms with van der Waals surface area (Å²) in [6, 6.07) is 13.4. The van der Waals surface area contributed by atoms with Crippen LogP contribution < -0.4 is 10.9 Å². The minimum Gasteiger partial charge on any atom is -0.352 e. The third kappa shape index (κ3) is 4.88. The average molecular weight is 298 g/mol. The van der Waals surface area contributed by atoms with Crippen molar-refractivity contribution in [3.63, 3.8) is 0 Å². The molecule has 1 aromatic carbocycles. The second-order valence-electron chi connectivity index (χ2n) is 5.31. The second-order valence-corrected chi connectivity index (χ2v) is 5.31. The van der Waals surface area contributed by atoms with Crippen molar-refractivity contribution in [2.24, 2.45) is 0 Å². The Bertz CT molecular complexity index is 662. The van der Waals surface area contributed by atoms with E-state index < -0.39 is 0 Å². The number of unbranched alkanes of at least 4 members (excludes halogenated alkanes) is 1. The van der Waals surface area contributed by atoms with Crippen molar-refractivity contribution in [1.29, 1.82) is 0 Å². The van der Waals surface area contributed by atoms with Crippen LogP contribution in [0.5, 0.6) is 0 Å². The molecule has 2 N–H and O–H groups in total. The van der Waals surface area contributed by atoms with Crippen LogP contribution in [0.2, 0.25) is 0 Å². The van der Waals surface area contributed by atoms with Crippen LogP contribution in [0.15, 0.2) is 47.3 Å². The molecule has 4 nitrogen and oxygen atoms in total. The van der Waals surface area contributed by atoms with E-state index in [4.69, 9.17) is 0 Å². The normalized spacial score (nSPS) is 10.4. The van der Waals surface area contributed by atoms with Crippen molar-refractivity contribution in [2.75, 3.05) is 6.54 Å². The van der Waals surface area contributed by atoms with Gasteiger partial charge in [-0.1, -0.05) is 37.3 Å². The highest BCUT2D eigenvalue weighted by molar-refractivity contribution is 5.94. The summed E-state index contributed by atoms with van der Waals surface area (Å²) in [7, 11) is 0. The molecule has 2 aromatic rings. The maximum Gasteiger partial charge on any atom is 0.251 e. The van der Waals surface area contributed by atoms with Crippen molar-refractivity contribution < 1.29 is 4.79 Å². The highest BCUT2D eigenvalue weighted by atomic mass is 16.2. The lowest BCUT2D eigenvalue weighted by Crippen LogP contribution is -2.26. The number of carbonyl (C=O) groups excluding carboxylic acids is 1. The van der Waals surface area contributed by atoms with Gasteiger partial charge in [-0.15, -0.1) is 0 Å². The summed E-state index contributed by atoms with van der Waals surface area (Å²) >= 11 is 0. The van der Waals surface area contributed by atoms with Crippen molar-refractivity contribution >= 4 is 5.91 Å². The van der Waals surface area contributed by atoms with E-state index in [2.05, 4.69) is 22.4 Å². The molecule has 4 heteroatoms. The second kappa shape index (κ2) is 8.17. The third-order valence-corrected chi connectivity index (χ3v) is 3.56. The van der Waals surface area contributed by atoms with Crippen molar-refractivity contribution in [2.45, 2.75) is 32.6 Å². The van der Waals surface area contributed by atoms with Crippen LogP contribution in [0.4, 0.5) is 0 Å². The zero-order chi connectivity index (χ0) is 15.8. The Hall–Kier alpha value is -2.36. The molecule has 0 atom stereocenters. The van der Waals surface area contributed by atoms with Gasteiger partial charge in [0.1, 0.15) is 0 Å². The Balaban J connectivity index is 1.76. The first-order valence-electron chi connectivity index (χ1n) is 7.74. The molecule has 1 aromatic heterocycles. The zero-order valence-corrected chi connectivity index (χ0v) is 12.9. The van der Waals surface area contributed by atoms with Crippen molar-refractivity contribution in [1.82, 2.24) is 10.3 Å². The highest BCUT2D eigenvalue weighted by Gasteiger charge is 2.07. The number of rotatable bonds is 7. The first-order valence-corrected chi connectivity index (χ1v) is 7.74. The lowest BCUT2D eigenvalue weighted by atomic mass is 10.1. The molecule has 0 bridgehead atoms. The zero-order valence-electron chi connectivity index (χ0n) is 12.9. The third-order valence-electron chi connectivity index (χ3n) is 3.56. The molecule has 22 heavy (non-hydrogen) atoms. The van der Waals surface area contributed by atoms with E-state index in [9.17, 15) is 9.59 Å². The van der Waals surface area contributed by atoms with Crippen LogP contribution in [-0.4, -0.2) is 17.4 Å². The Labute approximate surface area is 130 Å². The fourth-order valence-electron chi connectivity index (χ4n) is 2.33. The largest absolute Gasteiger partial charge is 0.352 e. The van der Waals surface area contributed by atoms with E-state index >= 15 is 0 Å². The maximum absolute atomic E-state index is 12.0. The average Bonchev–Trinajstić information content (AvgIpc) is 2.54. The van der Waals surface area contributed by atoms with Crippen LogP contribution in [0.1, 0.15) is 41.4 Å². The lowest BCUT2D eigenvalue weighted by Gasteiger charge is -2.06. The van der Waals surface area contributed by atoms with Crippen molar-refractivity contribution in [3.05, 3.63) is 69.6 Å². The number of hydrogen-bond donors (Lipinski definition) is 2. The van der Waals surface area contributed by atoms with Crippen LogP contribution >= 0.6 is 0 Å². The van der Waals surface area contributed by atoms with Gasteiger partial charge in [0.2, 0.25) is 5.56 Å². The van der Waals surface area contributed by atoms with E-state index in [0.717, 1.165) is 25.0 Å². The fraction of sp³-hybridized carbons (Fsp3) is 0.333. The summed E-state index contributed by atoms with van der Waals surface area (Å²) in [5.74, 6) is -0.180. The Morgan fingerprint density at radius 2 is 1.91 bits per heavy atom. The van der Waals surface area contributed by atoms with Gasteiger partial charge in [-0.2, -0.15) is 0 Å². The number of aryl methyl sites for hydroxylation is 2. The first kappa shape index (κ1) is 16.0. The monoisotopic (exact) mass is 298 g/mol.